The fraction of sp³-hybridized carbons (Fsp3) is 0.909. The van der Waals surface area contributed by atoms with Crippen LogP contribution in [0.1, 0.15) is 53.4 Å². The van der Waals surface area contributed by atoms with Crippen molar-refractivity contribution >= 4 is 5.97 Å². The van der Waals surface area contributed by atoms with Crippen LogP contribution in [0.2, 0.25) is 0 Å². The van der Waals surface area contributed by atoms with E-state index in [1.165, 1.54) is 12.8 Å². The Kier molecular flexibility index (Phi) is 10.2. The molecule has 0 aromatic carbocycles. The van der Waals surface area contributed by atoms with Gasteiger partial charge in [-0.15, -0.1) is 0 Å². The first-order chi connectivity index (χ1) is 6.11. The van der Waals surface area contributed by atoms with Crippen LogP contribution in [0.3, 0.4) is 0 Å². The fourth-order valence-electron chi connectivity index (χ4n) is 0.789. The van der Waals surface area contributed by atoms with Gasteiger partial charge in [0.1, 0.15) is 6.10 Å². The third-order valence-corrected chi connectivity index (χ3v) is 1.81. The molecule has 0 aromatic rings. The molecule has 0 unspecified atom stereocenters. The smallest absolute Gasteiger partial charge is 0.308 e. The van der Waals surface area contributed by atoms with Crippen LogP contribution in [-0.4, -0.2) is 17.5 Å². The van der Waals surface area contributed by atoms with Crippen molar-refractivity contribution in [2.24, 2.45) is 5.92 Å². The fourth-order valence-corrected chi connectivity index (χ4v) is 0.789. The molecule has 3 nitrogen and oxygen atoms in total. The highest BCUT2D eigenvalue weighted by Crippen LogP contribution is 2.22. The summed E-state index contributed by atoms with van der Waals surface area (Å²) in [5, 5.41) is 0. The summed E-state index contributed by atoms with van der Waals surface area (Å²) in [5.41, 5.74) is 0. The maximum absolute atomic E-state index is 10.9. The van der Waals surface area contributed by atoms with E-state index in [9.17, 15) is 4.79 Å². The second kappa shape index (κ2) is 9.00. The molecule has 2 N–H and O–H groups in total. The lowest BCUT2D eigenvalue weighted by Crippen LogP contribution is -2.27. The normalized spacial score (nSPS) is 14.6. The number of esters is 1. The molecule has 0 radical (unpaired) electrons. The maximum Gasteiger partial charge on any atom is 0.308 e. The molecule has 0 aromatic heterocycles. The van der Waals surface area contributed by atoms with E-state index in [0.29, 0.717) is 0 Å². The lowest BCUT2D eigenvalue weighted by Gasteiger charge is -2.25. The van der Waals surface area contributed by atoms with Crippen LogP contribution >= 0.6 is 0 Å². The van der Waals surface area contributed by atoms with Gasteiger partial charge in [-0.05, 0) is 19.3 Å². The SMILES string of the molecule is CC(C)C(=O)OC1CCC1.CCC.O. The third kappa shape index (κ3) is 6.89. The van der Waals surface area contributed by atoms with E-state index in [-0.39, 0.29) is 23.5 Å². The zero-order chi connectivity index (χ0) is 10.3. The molecule has 0 saturated heterocycles. The van der Waals surface area contributed by atoms with Crippen molar-refractivity contribution in [2.75, 3.05) is 0 Å². The second-order valence-corrected chi connectivity index (χ2v) is 3.85. The van der Waals surface area contributed by atoms with Crippen LogP contribution < -0.4 is 0 Å². The molecular weight excluding hydrogens is 180 g/mol. The van der Waals surface area contributed by atoms with E-state index in [2.05, 4.69) is 13.8 Å². The van der Waals surface area contributed by atoms with E-state index in [4.69, 9.17) is 4.74 Å². The molecular formula is C11H24O3. The van der Waals surface area contributed by atoms with Gasteiger partial charge in [0.05, 0.1) is 5.92 Å². The van der Waals surface area contributed by atoms with Crippen LogP contribution in [0.25, 0.3) is 0 Å². The first-order valence-electron chi connectivity index (χ1n) is 5.32. The summed E-state index contributed by atoms with van der Waals surface area (Å²) in [4.78, 5) is 10.9. The largest absolute Gasteiger partial charge is 0.462 e. The number of carbonyl (C=O) groups excluding carboxylic acids is 1. The highest BCUT2D eigenvalue weighted by molar-refractivity contribution is 5.71. The molecule has 0 atom stereocenters. The van der Waals surface area contributed by atoms with E-state index >= 15 is 0 Å². The van der Waals surface area contributed by atoms with Gasteiger partial charge < -0.3 is 10.2 Å². The Balaban J connectivity index is 0. The van der Waals surface area contributed by atoms with Crippen LogP contribution in [0, 0.1) is 5.92 Å². The van der Waals surface area contributed by atoms with Crippen LogP contribution in [0.15, 0.2) is 0 Å². The van der Waals surface area contributed by atoms with Gasteiger partial charge in [0, 0.05) is 0 Å². The highest BCUT2D eigenvalue weighted by atomic mass is 16.5. The minimum absolute atomic E-state index is 0. The van der Waals surface area contributed by atoms with Gasteiger partial charge in [-0.3, -0.25) is 4.79 Å². The third-order valence-electron chi connectivity index (χ3n) is 1.81. The van der Waals surface area contributed by atoms with Gasteiger partial charge in [0.15, 0.2) is 0 Å². The summed E-state index contributed by atoms with van der Waals surface area (Å²) in [6, 6.07) is 0. The molecule has 1 fully saturated rings. The minimum atomic E-state index is -0.0512. The van der Waals surface area contributed by atoms with Crippen molar-refractivity contribution in [1.29, 1.82) is 0 Å². The van der Waals surface area contributed by atoms with Gasteiger partial charge in [0.2, 0.25) is 0 Å². The molecule has 0 amide bonds. The zero-order valence-corrected chi connectivity index (χ0v) is 9.80. The molecule has 1 rings (SSSR count). The maximum atomic E-state index is 10.9. The Bertz CT molecular complexity index is 139. The Morgan fingerprint density at radius 2 is 1.79 bits per heavy atom. The first-order valence-corrected chi connectivity index (χ1v) is 5.32. The summed E-state index contributed by atoms with van der Waals surface area (Å²) in [6.07, 6.45) is 4.85. The van der Waals surface area contributed by atoms with Gasteiger partial charge in [0.25, 0.3) is 0 Å². The predicted octanol–water partition coefficient (Wildman–Crippen LogP) is 2.33. The van der Waals surface area contributed by atoms with E-state index in [1.807, 2.05) is 13.8 Å². The molecule has 86 valence electrons. The number of carbonyl (C=O) groups is 1. The zero-order valence-electron chi connectivity index (χ0n) is 9.80. The number of ether oxygens (including phenoxy) is 1. The molecule has 14 heavy (non-hydrogen) atoms. The monoisotopic (exact) mass is 204 g/mol. The summed E-state index contributed by atoms with van der Waals surface area (Å²) in [7, 11) is 0. The standard InChI is InChI=1S/C8H14O2.C3H8.H2O/c1-6(2)8(9)10-7-4-3-5-7;1-3-2;/h6-7H,3-5H2,1-2H3;3H2,1-2H3;1H2. The summed E-state index contributed by atoms with van der Waals surface area (Å²) < 4.78 is 5.11. The van der Waals surface area contributed by atoms with Crippen molar-refractivity contribution in [1.82, 2.24) is 0 Å². The molecule has 1 saturated carbocycles. The minimum Gasteiger partial charge on any atom is -0.462 e. The van der Waals surface area contributed by atoms with Crippen LogP contribution in [0.4, 0.5) is 0 Å². The number of rotatable bonds is 2. The number of hydrogen-bond acceptors (Lipinski definition) is 2. The average molecular weight is 204 g/mol. The topological polar surface area (TPSA) is 57.8 Å². The lowest BCUT2D eigenvalue weighted by molar-refractivity contribution is -0.156. The molecule has 0 aliphatic heterocycles. The number of hydrogen-bond donors (Lipinski definition) is 0. The van der Waals surface area contributed by atoms with Crippen molar-refractivity contribution in [3.05, 3.63) is 0 Å². The van der Waals surface area contributed by atoms with Crippen molar-refractivity contribution in [3.8, 4) is 0 Å². The molecule has 0 spiro atoms. The summed E-state index contributed by atoms with van der Waals surface area (Å²) >= 11 is 0. The molecule has 1 aliphatic carbocycles. The molecule has 1 aliphatic rings. The van der Waals surface area contributed by atoms with Crippen LogP contribution in [0.5, 0.6) is 0 Å². The Labute approximate surface area is 87.1 Å². The van der Waals surface area contributed by atoms with Gasteiger partial charge >= 0.3 is 5.97 Å². The van der Waals surface area contributed by atoms with Crippen molar-refractivity contribution in [3.63, 3.8) is 0 Å². The van der Waals surface area contributed by atoms with Crippen molar-refractivity contribution in [2.45, 2.75) is 59.5 Å². The van der Waals surface area contributed by atoms with Crippen molar-refractivity contribution < 1.29 is 15.0 Å². The quantitative estimate of drug-likeness (QED) is 0.648. The van der Waals surface area contributed by atoms with Gasteiger partial charge in [-0.25, -0.2) is 0 Å². The summed E-state index contributed by atoms with van der Waals surface area (Å²) in [5.74, 6) is -0.0229. The lowest BCUT2D eigenvalue weighted by atomic mass is 9.96. The van der Waals surface area contributed by atoms with Crippen LogP contribution in [-0.2, 0) is 9.53 Å². The predicted molar refractivity (Wildman–Crippen MR) is 58.1 cm³/mol. The van der Waals surface area contributed by atoms with E-state index in [0.717, 1.165) is 12.8 Å². The van der Waals surface area contributed by atoms with E-state index in [1.54, 1.807) is 0 Å². The van der Waals surface area contributed by atoms with E-state index < -0.39 is 0 Å². The first kappa shape index (κ1) is 15.9. The van der Waals surface area contributed by atoms with Gasteiger partial charge in [-0.1, -0.05) is 34.1 Å². The molecule has 0 bridgehead atoms. The average Bonchev–Trinajstić information content (AvgIpc) is 1.97. The Morgan fingerprint density at radius 3 is 2.00 bits per heavy atom. The molecule has 3 heteroatoms. The highest BCUT2D eigenvalue weighted by Gasteiger charge is 2.22. The Hall–Kier alpha value is -0.570. The Morgan fingerprint density at radius 1 is 1.36 bits per heavy atom. The summed E-state index contributed by atoms with van der Waals surface area (Å²) in [6.45, 7) is 7.97. The second-order valence-electron chi connectivity index (χ2n) is 3.85. The van der Waals surface area contributed by atoms with Gasteiger partial charge in [-0.2, -0.15) is 0 Å². The molecule has 0 heterocycles.